The van der Waals surface area contributed by atoms with Crippen LogP contribution in [0.4, 0.5) is 10.1 Å². The summed E-state index contributed by atoms with van der Waals surface area (Å²) >= 11 is 0. The fraction of sp³-hybridized carbons (Fsp3) is 0.533. The average Bonchev–Trinajstić information content (AvgIpc) is 2.78. The van der Waals surface area contributed by atoms with E-state index in [0.717, 1.165) is 13.0 Å². The molecule has 2 rings (SSSR count). The van der Waals surface area contributed by atoms with Crippen molar-refractivity contribution in [2.24, 2.45) is 0 Å². The Kier molecular flexibility index (Phi) is 4.73. The second-order valence-corrected chi connectivity index (χ2v) is 5.67. The maximum Gasteiger partial charge on any atom is 0.225 e. The Morgan fingerprint density at radius 1 is 1.45 bits per heavy atom. The molecule has 0 bridgehead atoms. The summed E-state index contributed by atoms with van der Waals surface area (Å²) < 4.78 is 18.1. The number of carbonyl (C=O) groups is 1. The smallest absolute Gasteiger partial charge is 0.225 e. The molecule has 1 amide bonds. The lowest BCUT2D eigenvalue weighted by Gasteiger charge is -2.28. The van der Waals surface area contributed by atoms with Gasteiger partial charge in [-0.3, -0.25) is 4.79 Å². The van der Waals surface area contributed by atoms with Crippen LogP contribution in [0.2, 0.25) is 0 Å². The molecule has 0 radical (unpaired) electrons. The van der Waals surface area contributed by atoms with Crippen LogP contribution in [0.5, 0.6) is 0 Å². The van der Waals surface area contributed by atoms with Crippen molar-refractivity contribution in [2.75, 3.05) is 18.5 Å². The number of benzene rings is 1. The molecule has 2 N–H and O–H groups in total. The third-order valence-electron chi connectivity index (χ3n) is 3.43. The molecule has 0 spiro atoms. The SMILES string of the molecule is C[C@@H](CC(=O)Nc1ccc(F)cc1)N[C@@]1(C)CCOC1. The van der Waals surface area contributed by atoms with Crippen LogP contribution in [0, 0.1) is 5.82 Å². The van der Waals surface area contributed by atoms with Gasteiger partial charge in [-0.2, -0.15) is 0 Å². The normalized spacial score (nSPS) is 23.6. The Hall–Kier alpha value is -1.46. The van der Waals surface area contributed by atoms with Gasteiger partial charge >= 0.3 is 0 Å². The quantitative estimate of drug-likeness (QED) is 0.870. The van der Waals surface area contributed by atoms with Crippen LogP contribution in [0.1, 0.15) is 26.7 Å². The molecule has 1 heterocycles. The van der Waals surface area contributed by atoms with Crippen LogP contribution >= 0.6 is 0 Å². The molecule has 1 aliphatic heterocycles. The summed E-state index contributed by atoms with van der Waals surface area (Å²) in [6.07, 6.45) is 1.32. The molecule has 20 heavy (non-hydrogen) atoms. The van der Waals surface area contributed by atoms with Crippen LogP contribution < -0.4 is 10.6 Å². The summed E-state index contributed by atoms with van der Waals surface area (Å²) in [5, 5.41) is 6.20. The van der Waals surface area contributed by atoms with Crippen LogP contribution in [0.25, 0.3) is 0 Å². The maximum atomic E-state index is 12.8. The van der Waals surface area contributed by atoms with Gasteiger partial charge in [0.2, 0.25) is 5.91 Å². The molecule has 5 heteroatoms. The number of nitrogens with one attached hydrogen (secondary N) is 2. The van der Waals surface area contributed by atoms with E-state index >= 15 is 0 Å². The van der Waals surface area contributed by atoms with Gasteiger partial charge < -0.3 is 15.4 Å². The molecule has 2 atom stereocenters. The van der Waals surface area contributed by atoms with Gasteiger partial charge in [0.25, 0.3) is 0 Å². The van der Waals surface area contributed by atoms with Gasteiger partial charge in [0, 0.05) is 30.3 Å². The fourth-order valence-electron chi connectivity index (χ4n) is 2.45. The van der Waals surface area contributed by atoms with E-state index in [4.69, 9.17) is 4.74 Å². The van der Waals surface area contributed by atoms with Crippen molar-refractivity contribution in [2.45, 2.75) is 38.3 Å². The second-order valence-electron chi connectivity index (χ2n) is 5.67. The van der Waals surface area contributed by atoms with E-state index in [1.165, 1.54) is 12.1 Å². The zero-order valence-electron chi connectivity index (χ0n) is 11.9. The number of hydrogen-bond acceptors (Lipinski definition) is 3. The Bertz CT molecular complexity index is 455. The van der Waals surface area contributed by atoms with Gasteiger partial charge in [-0.15, -0.1) is 0 Å². The number of hydrogen-bond donors (Lipinski definition) is 2. The molecule has 1 aliphatic rings. The zero-order chi connectivity index (χ0) is 14.6. The highest BCUT2D eigenvalue weighted by Gasteiger charge is 2.30. The summed E-state index contributed by atoms with van der Waals surface area (Å²) in [4.78, 5) is 11.9. The summed E-state index contributed by atoms with van der Waals surface area (Å²) in [7, 11) is 0. The number of rotatable bonds is 5. The van der Waals surface area contributed by atoms with E-state index in [1.807, 2.05) is 6.92 Å². The zero-order valence-corrected chi connectivity index (χ0v) is 11.9. The Labute approximate surface area is 118 Å². The summed E-state index contributed by atoms with van der Waals surface area (Å²) in [5.41, 5.74) is 0.564. The molecule has 1 aromatic rings. The topological polar surface area (TPSA) is 50.4 Å². The highest BCUT2D eigenvalue weighted by molar-refractivity contribution is 5.91. The molecule has 0 unspecified atom stereocenters. The minimum atomic E-state index is -0.313. The molecule has 1 saturated heterocycles. The molecular weight excluding hydrogens is 259 g/mol. The summed E-state index contributed by atoms with van der Waals surface area (Å²) in [6, 6.07) is 5.82. The van der Waals surface area contributed by atoms with E-state index in [9.17, 15) is 9.18 Å². The second kappa shape index (κ2) is 6.33. The molecule has 0 aliphatic carbocycles. The number of anilines is 1. The third-order valence-corrected chi connectivity index (χ3v) is 3.43. The van der Waals surface area contributed by atoms with Crippen molar-refractivity contribution in [3.8, 4) is 0 Å². The Morgan fingerprint density at radius 3 is 2.75 bits per heavy atom. The fourth-order valence-corrected chi connectivity index (χ4v) is 2.45. The summed E-state index contributed by atoms with van der Waals surface area (Å²) in [5.74, 6) is -0.397. The van der Waals surface area contributed by atoms with Crippen molar-refractivity contribution < 1.29 is 13.9 Å². The lowest BCUT2D eigenvalue weighted by molar-refractivity contribution is -0.116. The standard InChI is InChI=1S/C15H21FN2O2/c1-11(18-15(2)7-8-20-10-15)9-14(19)17-13-5-3-12(16)4-6-13/h3-6,11,18H,7-10H2,1-2H3,(H,17,19)/t11-,15-/m0/s1. The van der Waals surface area contributed by atoms with Crippen LogP contribution in [0.3, 0.4) is 0 Å². The lowest BCUT2D eigenvalue weighted by atomic mass is 10.00. The molecule has 0 aromatic heterocycles. The van der Waals surface area contributed by atoms with Crippen molar-refractivity contribution >= 4 is 11.6 Å². The van der Waals surface area contributed by atoms with Gasteiger partial charge in [0.15, 0.2) is 0 Å². The Morgan fingerprint density at radius 2 is 2.15 bits per heavy atom. The van der Waals surface area contributed by atoms with E-state index in [-0.39, 0.29) is 23.3 Å². The van der Waals surface area contributed by atoms with Gasteiger partial charge in [-0.1, -0.05) is 0 Å². The minimum absolute atomic E-state index is 0.0461. The average molecular weight is 280 g/mol. The number of amides is 1. The molecular formula is C15H21FN2O2. The van der Waals surface area contributed by atoms with Crippen molar-refractivity contribution in [1.82, 2.24) is 5.32 Å². The van der Waals surface area contributed by atoms with Gasteiger partial charge in [-0.05, 0) is 44.5 Å². The maximum absolute atomic E-state index is 12.8. The molecule has 1 aromatic carbocycles. The van der Waals surface area contributed by atoms with Gasteiger partial charge in [-0.25, -0.2) is 4.39 Å². The van der Waals surface area contributed by atoms with Crippen LogP contribution in [-0.4, -0.2) is 30.7 Å². The first-order chi connectivity index (χ1) is 9.47. The highest BCUT2D eigenvalue weighted by Crippen LogP contribution is 2.19. The van der Waals surface area contributed by atoms with E-state index in [0.29, 0.717) is 18.7 Å². The Balaban J connectivity index is 1.80. The van der Waals surface area contributed by atoms with Crippen LogP contribution in [-0.2, 0) is 9.53 Å². The predicted molar refractivity (Wildman–Crippen MR) is 76.1 cm³/mol. The molecule has 0 saturated carbocycles. The summed E-state index contributed by atoms with van der Waals surface area (Å²) in [6.45, 7) is 5.52. The minimum Gasteiger partial charge on any atom is -0.379 e. The first-order valence-electron chi connectivity index (χ1n) is 6.88. The molecule has 4 nitrogen and oxygen atoms in total. The van der Waals surface area contributed by atoms with E-state index < -0.39 is 0 Å². The van der Waals surface area contributed by atoms with Crippen molar-refractivity contribution in [1.29, 1.82) is 0 Å². The first-order valence-corrected chi connectivity index (χ1v) is 6.88. The predicted octanol–water partition coefficient (Wildman–Crippen LogP) is 2.31. The molecule has 110 valence electrons. The lowest BCUT2D eigenvalue weighted by Crippen LogP contribution is -2.48. The van der Waals surface area contributed by atoms with Crippen molar-refractivity contribution in [3.63, 3.8) is 0 Å². The number of carbonyl (C=O) groups excluding carboxylic acids is 1. The van der Waals surface area contributed by atoms with Gasteiger partial charge in [0.1, 0.15) is 5.82 Å². The van der Waals surface area contributed by atoms with E-state index in [1.54, 1.807) is 12.1 Å². The van der Waals surface area contributed by atoms with Gasteiger partial charge in [0.05, 0.1) is 6.61 Å². The molecule has 1 fully saturated rings. The number of ether oxygens (including phenoxy) is 1. The number of halogens is 1. The van der Waals surface area contributed by atoms with E-state index in [2.05, 4.69) is 17.6 Å². The van der Waals surface area contributed by atoms with Crippen LogP contribution in [0.15, 0.2) is 24.3 Å². The third kappa shape index (κ3) is 4.28. The highest BCUT2D eigenvalue weighted by atomic mass is 19.1. The monoisotopic (exact) mass is 280 g/mol. The largest absolute Gasteiger partial charge is 0.379 e. The van der Waals surface area contributed by atoms with Crippen molar-refractivity contribution in [3.05, 3.63) is 30.1 Å². The first kappa shape index (κ1) is 14.9.